The topological polar surface area (TPSA) is 0 Å². The van der Waals surface area contributed by atoms with Crippen molar-refractivity contribution in [3.05, 3.63) is 0 Å². The molecule has 1 fully saturated rings. The normalized spacial score (nSPS) is 22.9. The minimum Gasteiger partial charge on any atom is -0.243 e. The van der Waals surface area contributed by atoms with E-state index in [4.69, 9.17) is 6.42 Å². The minimum atomic E-state index is -1.18. The van der Waals surface area contributed by atoms with E-state index < -0.39 is 11.1 Å². The van der Waals surface area contributed by atoms with Crippen molar-refractivity contribution in [2.24, 2.45) is 5.41 Å². The van der Waals surface area contributed by atoms with Crippen LogP contribution >= 0.6 is 0 Å². The van der Waals surface area contributed by atoms with Crippen molar-refractivity contribution in [1.29, 1.82) is 0 Å². The SMILES string of the molecule is C#CC1(C(C)(C)F)CC1. The van der Waals surface area contributed by atoms with Crippen molar-refractivity contribution in [2.45, 2.75) is 32.4 Å². The van der Waals surface area contributed by atoms with Gasteiger partial charge in [-0.05, 0) is 26.7 Å². The first-order valence-corrected chi connectivity index (χ1v) is 3.18. The summed E-state index contributed by atoms with van der Waals surface area (Å²) in [6.07, 6.45) is 6.87. The zero-order valence-corrected chi connectivity index (χ0v) is 5.87. The molecule has 9 heavy (non-hydrogen) atoms. The molecule has 0 radical (unpaired) electrons. The second-order valence-corrected chi connectivity index (χ2v) is 3.20. The maximum atomic E-state index is 13.1. The average molecular weight is 126 g/mol. The summed E-state index contributed by atoms with van der Waals surface area (Å²) in [6, 6.07) is 0. The standard InChI is InChI=1S/C8H11F/c1-4-8(5-6-8)7(2,3)9/h1H,5-6H2,2-3H3. The Kier molecular flexibility index (Phi) is 1.10. The molecular formula is C8H11F. The summed E-state index contributed by atoms with van der Waals surface area (Å²) in [6.45, 7) is 3.11. The Morgan fingerprint density at radius 3 is 2.00 bits per heavy atom. The third kappa shape index (κ3) is 0.830. The molecular weight excluding hydrogens is 115 g/mol. The maximum absolute atomic E-state index is 13.1. The molecule has 0 bridgehead atoms. The fourth-order valence-electron chi connectivity index (χ4n) is 1.04. The van der Waals surface area contributed by atoms with Crippen molar-refractivity contribution in [3.8, 4) is 12.3 Å². The fraction of sp³-hybridized carbons (Fsp3) is 0.750. The van der Waals surface area contributed by atoms with Crippen LogP contribution in [0.15, 0.2) is 0 Å². The first-order chi connectivity index (χ1) is 4.02. The van der Waals surface area contributed by atoms with E-state index in [0.29, 0.717) is 0 Å². The van der Waals surface area contributed by atoms with E-state index in [1.165, 1.54) is 0 Å². The summed E-state index contributed by atoms with van der Waals surface area (Å²) in [5.41, 5.74) is -1.59. The van der Waals surface area contributed by atoms with Gasteiger partial charge in [-0.15, -0.1) is 6.42 Å². The number of terminal acetylenes is 1. The van der Waals surface area contributed by atoms with Crippen LogP contribution in [0.25, 0.3) is 0 Å². The maximum Gasteiger partial charge on any atom is 0.121 e. The summed E-state index contributed by atoms with van der Waals surface area (Å²) in [5, 5.41) is 0. The molecule has 0 heterocycles. The highest BCUT2D eigenvalue weighted by Gasteiger charge is 2.53. The number of hydrogen-bond acceptors (Lipinski definition) is 0. The fourth-order valence-corrected chi connectivity index (χ4v) is 1.04. The highest BCUT2D eigenvalue weighted by molar-refractivity contribution is 5.21. The molecule has 0 unspecified atom stereocenters. The molecule has 0 amide bonds. The average Bonchev–Trinajstić information content (AvgIpc) is 2.40. The lowest BCUT2D eigenvalue weighted by molar-refractivity contribution is 0.144. The minimum absolute atomic E-state index is 0.410. The second kappa shape index (κ2) is 1.50. The Morgan fingerprint density at radius 2 is 2.00 bits per heavy atom. The zero-order valence-electron chi connectivity index (χ0n) is 5.87. The van der Waals surface area contributed by atoms with Crippen molar-refractivity contribution in [3.63, 3.8) is 0 Å². The van der Waals surface area contributed by atoms with Crippen molar-refractivity contribution in [2.75, 3.05) is 0 Å². The van der Waals surface area contributed by atoms with E-state index in [0.717, 1.165) is 12.8 Å². The Bertz CT molecular complexity index is 152. The van der Waals surface area contributed by atoms with Gasteiger partial charge < -0.3 is 0 Å². The van der Waals surface area contributed by atoms with E-state index in [-0.39, 0.29) is 0 Å². The molecule has 0 N–H and O–H groups in total. The van der Waals surface area contributed by atoms with Crippen LogP contribution in [-0.2, 0) is 0 Å². The predicted molar refractivity (Wildman–Crippen MR) is 35.7 cm³/mol. The highest BCUT2D eigenvalue weighted by atomic mass is 19.1. The molecule has 0 aromatic heterocycles. The second-order valence-electron chi connectivity index (χ2n) is 3.20. The molecule has 0 saturated heterocycles. The van der Waals surface area contributed by atoms with E-state index in [2.05, 4.69) is 5.92 Å². The molecule has 50 valence electrons. The molecule has 0 aliphatic heterocycles. The Hall–Kier alpha value is -0.510. The van der Waals surface area contributed by atoms with Crippen LogP contribution in [0.3, 0.4) is 0 Å². The van der Waals surface area contributed by atoms with Gasteiger partial charge in [-0.1, -0.05) is 5.92 Å². The molecule has 0 aromatic carbocycles. The molecule has 1 rings (SSSR count). The van der Waals surface area contributed by atoms with Gasteiger partial charge in [-0.2, -0.15) is 0 Å². The number of rotatable bonds is 1. The molecule has 1 aliphatic rings. The van der Waals surface area contributed by atoms with Crippen LogP contribution in [-0.4, -0.2) is 5.67 Å². The summed E-state index contributed by atoms with van der Waals surface area (Å²) in [4.78, 5) is 0. The van der Waals surface area contributed by atoms with E-state index in [9.17, 15) is 4.39 Å². The lowest BCUT2D eigenvalue weighted by atomic mass is 9.90. The lowest BCUT2D eigenvalue weighted by Crippen LogP contribution is -2.25. The molecule has 0 aromatic rings. The van der Waals surface area contributed by atoms with Gasteiger partial charge in [-0.3, -0.25) is 0 Å². The zero-order chi connectivity index (χ0) is 7.12. The van der Waals surface area contributed by atoms with Crippen LogP contribution in [0, 0.1) is 17.8 Å². The molecule has 0 spiro atoms. The van der Waals surface area contributed by atoms with Crippen LogP contribution in [0.2, 0.25) is 0 Å². The van der Waals surface area contributed by atoms with E-state index >= 15 is 0 Å². The first-order valence-electron chi connectivity index (χ1n) is 3.18. The molecule has 1 aliphatic carbocycles. The molecule has 1 saturated carbocycles. The smallest absolute Gasteiger partial charge is 0.121 e. The van der Waals surface area contributed by atoms with E-state index in [1.807, 2.05) is 0 Å². The largest absolute Gasteiger partial charge is 0.243 e. The highest BCUT2D eigenvalue weighted by Crippen LogP contribution is 2.54. The number of alkyl halides is 1. The van der Waals surface area contributed by atoms with Gasteiger partial charge in [0.2, 0.25) is 0 Å². The number of hydrogen-bond donors (Lipinski definition) is 0. The van der Waals surface area contributed by atoms with Gasteiger partial charge in [0, 0.05) is 0 Å². The summed E-state index contributed by atoms with van der Waals surface area (Å²) < 4.78 is 13.1. The number of halogens is 1. The van der Waals surface area contributed by atoms with Crippen molar-refractivity contribution in [1.82, 2.24) is 0 Å². The Labute approximate surface area is 55.5 Å². The van der Waals surface area contributed by atoms with Gasteiger partial charge in [0.1, 0.15) is 5.67 Å². The third-order valence-corrected chi connectivity index (χ3v) is 2.16. The third-order valence-electron chi connectivity index (χ3n) is 2.16. The van der Waals surface area contributed by atoms with Crippen LogP contribution < -0.4 is 0 Å². The predicted octanol–water partition coefficient (Wildman–Crippen LogP) is 2.15. The Balaban J connectivity index is 2.75. The summed E-state index contributed by atoms with van der Waals surface area (Å²) in [7, 11) is 0. The van der Waals surface area contributed by atoms with Crippen molar-refractivity contribution < 1.29 is 4.39 Å². The van der Waals surface area contributed by atoms with Gasteiger partial charge in [0.05, 0.1) is 5.41 Å². The van der Waals surface area contributed by atoms with Crippen LogP contribution in [0.1, 0.15) is 26.7 Å². The van der Waals surface area contributed by atoms with Crippen LogP contribution in [0.5, 0.6) is 0 Å². The molecule has 0 atom stereocenters. The Morgan fingerprint density at radius 1 is 1.56 bits per heavy atom. The van der Waals surface area contributed by atoms with Gasteiger partial charge in [-0.25, -0.2) is 4.39 Å². The monoisotopic (exact) mass is 126 g/mol. The summed E-state index contributed by atoms with van der Waals surface area (Å²) >= 11 is 0. The van der Waals surface area contributed by atoms with Crippen LogP contribution in [0.4, 0.5) is 4.39 Å². The molecule has 0 nitrogen and oxygen atoms in total. The summed E-state index contributed by atoms with van der Waals surface area (Å²) in [5.74, 6) is 2.52. The van der Waals surface area contributed by atoms with Gasteiger partial charge >= 0.3 is 0 Å². The van der Waals surface area contributed by atoms with Gasteiger partial charge in [0.15, 0.2) is 0 Å². The first kappa shape index (κ1) is 6.61. The molecule has 1 heteroatoms. The quantitative estimate of drug-likeness (QED) is 0.472. The van der Waals surface area contributed by atoms with Crippen molar-refractivity contribution >= 4 is 0 Å². The lowest BCUT2D eigenvalue weighted by Gasteiger charge is -2.20. The van der Waals surface area contributed by atoms with E-state index in [1.54, 1.807) is 13.8 Å². The van der Waals surface area contributed by atoms with Gasteiger partial charge in [0.25, 0.3) is 0 Å².